The Morgan fingerprint density at radius 2 is 1.89 bits per heavy atom. The number of amides is 2. The molecule has 2 aromatic heterocycles. The van der Waals surface area contributed by atoms with Crippen molar-refractivity contribution < 1.29 is 17.4 Å². The van der Waals surface area contributed by atoms with Crippen LogP contribution < -0.4 is 20.1 Å². The molecule has 186 valence electrons. The number of H-pyrrole nitrogens is 1. The number of aromatic amines is 1. The summed E-state index contributed by atoms with van der Waals surface area (Å²) < 4.78 is 30.9. The molecule has 0 saturated heterocycles. The molecule has 0 bridgehead atoms. The fraction of sp³-hybridized carbons (Fsp3) is 0.240. The fourth-order valence-electron chi connectivity index (χ4n) is 4.13. The minimum Gasteiger partial charge on any atom is -0.382 e. The molecule has 0 aliphatic heterocycles. The number of benzene rings is 2. The molecule has 0 radical (unpaired) electrons. The highest BCUT2D eigenvalue weighted by molar-refractivity contribution is 7.87. The van der Waals surface area contributed by atoms with Gasteiger partial charge in [0, 0.05) is 36.7 Å². The molecule has 1 saturated carbocycles. The number of urea groups is 1. The van der Waals surface area contributed by atoms with Gasteiger partial charge < -0.3 is 19.8 Å². The number of anilines is 2. The number of nitrogens with zero attached hydrogens (tertiary/aromatic N) is 2. The van der Waals surface area contributed by atoms with E-state index < -0.39 is 16.1 Å². The van der Waals surface area contributed by atoms with Crippen LogP contribution in [-0.2, 0) is 16.7 Å². The van der Waals surface area contributed by atoms with E-state index in [2.05, 4.69) is 30.9 Å². The molecular formula is C25H26N6O4S. The molecule has 11 heteroatoms. The van der Waals surface area contributed by atoms with Gasteiger partial charge in [-0.05, 0) is 60.9 Å². The van der Waals surface area contributed by atoms with Crippen molar-refractivity contribution in [2.45, 2.75) is 43.2 Å². The Morgan fingerprint density at radius 3 is 2.64 bits per heavy atom. The summed E-state index contributed by atoms with van der Waals surface area (Å²) >= 11 is 0. The van der Waals surface area contributed by atoms with Crippen molar-refractivity contribution in [3.8, 4) is 5.75 Å². The van der Waals surface area contributed by atoms with Gasteiger partial charge in [-0.3, -0.25) is 10.3 Å². The maximum atomic E-state index is 12.8. The predicted octanol–water partition coefficient (Wildman–Crippen LogP) is 4.40. The van der Waals surface area contributed by atoms with Crippen LogP contribution in [0.2, 0.25) is 0 Å². The van der Waals surface area contributed by atoms with Crippen molar-refractivity contribution in [3.63, 3.8) is 0 Å². The number of aromatic nitrogens is 3. The number of hydrogen-bond donors (Lipinski definition) is 4. The third kappa shape index (κ3) is 5.74. The molecule has 2 heterocycles. The van der Waals surface area contributed by atoms with E-state index >= 15 is 0 Å². The second kappa shape index (κ2) is 10.2. The van der Waals surface area contributed by atoms with E-state index in [0.29, 0.717) is 23.6 Å². The minimum absolute atomic E-state index is 0.0641. The van der Waals surface area contributed by atoms with E-state index in [1.807, 2.05) is 6.07 Å². The van der Waals surface area contributed by atoms with Gasteiger partial charge in [-0.2, -0.15) is 8.42 Å². The third-order valence-corrected chi connectivity index (χ3v) is 7.20. The number of pyridine rings is 1. The molecule has 5 rings (SSSR count). The number of carbonyl (C=O) groups excluding carboxylic acids is 1. The first-order valence-electron chi connectivity index (χ1n) is 11.7. The van der Waals surface area contributed by atoms with Gasteiger partial charge in [-0.15, -0.1) is 0 Å². The standard InChI is InChI=1S/C25H26N6O4S/c32-25(27-16-17-4-3-13-26-15-17)31-24-29-22-12-9-20(14-23(22)30-24)35-36(33,34)21-10-7-19(8-11-21)28-18-5-1-2-6-18/h3-4,7-15,18,28H,1-2,5-6,16H2,(H3,27,29,30,31,32). The summed E-state index contributed by atoms with van der Waals surface area (Å²) in [7, 11) is -4.02. The van der Waals surface area contributed by atoms with Gasteiger partial charge in [-0.1, -0.05) is 18.9 Å². The van der Waals surface area contributed by atoms with Gasteiger partial charge in [0.15, 0.2) is 0 Å². The molecule has 1 aliphatic rings. The first-order chi connectivity index (χ1) is 17.4. The van der Waals surface area contributed by atoms with Gasteiger partial charge in [0.25, 0.3) is 0 Å². The summed E-state index contributed by atoms with van der Waals surface area (Å²) in [6.07, 6.45) is 8.02. The van der Waals surface area contributed by atoms with E-state index in [-0.39, 0.29) is 16.6 Å². The lowest BCUT2D eigenvalue weighted by Crippen LogP contribution is -2.28. The molecule has 10 nitrogen and oxygen atoms in total. The lowest BCUT2D eigenvalue weighted by atomic mass is 10.2. The van der Waals surface area contributed by atoms with Crippen LogP contribution in [0.1, 0.15) is 31.2 Å². The number of nitrogens with one attached hydrogen (secondary N) is 4. The van der Waals surface area contributed by atoms with Crippen LogP contribution in [0, 0.1) is 0 Å². The van der Waals surface area contributed by atoms with Crippen LogP contribution in [0.15, 0.2) is 71.9 Å². The molecule has 4 aromatic rings. The first kappa shape index (κ1) is 23.6. The summed E-state index contributed by atoms with van der Waals surface area (Å²) in [5.74, 6) is 0.341. The Balaban J connectivity index is 1.21. The van der Waals surface area contributed by atoms with Crippen LogP contribution in [0.25, 0.3) is 11.0 Å². The van der Waals surface area contributed by atoms with Crippen LogP contribution in [0.5, 0.6) is 5.75 Å². The number of rotatable bonds is 8. The van der Waals surface area contributed by atoms with Crippen molar-refractivity contribution in [2.24, 2.45) is 0 Å². The summed E-state index contributed by atoms with van der Waals surface area (Å²) in [4.78, 5) is 23.5. The Labute approximate surface area is 208 Å². The maximum Gasteiger partial charge on any atom is 0.339 e. The average molecular weight is 507 g/mol. The van der Waals surface area contributed by atoms with Crippen LogP contribution in [-0.4, -0.2) is 35.4 Å². The monoisotopic (exact) mass is 506 g/mol. The van der Waals surface area contributed by atoms with Gasteiger partial charge in [0.1, 0.15) is 10.6 Å². The molecular weight excluding hydrogens is 480 g/mol. The lowest BCUT2D eigenvalue weighted by Gasteiger charge is -2.14. The van der Waals surface area contributed by atoms with Crippen molar-refractivity contribution in [1.82, 2.24) is 20.3 Å². The van der Waals surface area contributed by atoms with E-state index in [9.17, 15) is 13.2 Å². The number of fused-ring (bicyclic) bond motifs is 1. The number of carbonyl (C=O) groups is 1. The van der Waals surface area contributed by atoms with E-state index in [0.717, 1.165) is 24.1 Å². The zero-order valence-electron chi connectivity index (χ0n) is 19.4. The van der Waals surface area contributed by atoms with Crippen molar-refractivity contribution >= 4 is 38.8 Å². The summed E-state index contributed by atoms with van der Waals surface area (Å²) in [6, 6.07) is 14.9. The second-order valence-corrected chi connectivity index (χ2v) is 10.2. The maximum absolute atomic E-state index is 12.8. The zero-order valence-corrected chi connectivity index (χ0v) is 20.2. The first-order valence-corrected chi connectivity index (χ1v) is 13.1. The molecule has 1 aliphatic carbocycles. The molecule has 36 heavy (non-hydrogen) atoms. The molecule has 0 atom stereocenters. The Bertz CT molecular complexity index is 1450. The Kier molecular flexibility index (Phi) is 6.72. The third-order valence-electron chi connectivity index (χ3n) is 5.94. The van der Waals surface area contributed by atoms with Crippen molar-refractivity contribution in [1.29, 1.82) is 0 Å². The van der Waals surface area contributed by atoms with E-state index in [1.54, 1.807) is 36.7 Å². The molecule has 0 unspecified atom stereocenters. The van der Waals surface area contributed by atoms with E-state index in [4.69, 9.17) is 4.18 Å². The topological polar surface area (TPSA) is 138 Å². The Morgan fingerprint density at radius 1 is 1.08 bits per heavy atom. The second-order valence-electron chi connectivity index (χ2n) is 8.62. The summed E-state index contributed by atoms with van der Waals surface area (Å²) in [5, 5.41) is 8.78. The van der Waals surface area contributed by atoms with Gasteiger partial charge in [0.05, 0.1) is 11.0 Å². The van der Waals surface area contributed by atoms with Crippen LogP contribution >= 0.6 is 0 Å². The smallest absolute Gasteiger partial charge is 0.339 e. The van der Waals surface area contributed by atoms with Crippen LogP contribution in [0.4, 0.5) is 16.4 Å². The normalized spacial score (nSPS) is 14.0. The van der Waals surface area contributed by atoms with Crippen LogP contribution in [0.3, 0.4) is 0 Å². The molecule has 2 aromatic carbocycles. The van der Waals surface area contributed by atoms with E-state index in [1.165, 1.54) is 37.1 Å². The van der Waals surface area contributed by atoms with Crippen molar-refractivity contribution in [2.75, 3.05) is 10.6 Å². The van der Waals surface area contributed by atoms with Gasteiger partial charge in [0.2, 0.25) is 5.95 Å². The number of imidazole rings is 1. The summed E-state index contributed by atoms with van der Waals surface area (Å²) in [5.41, 5.74) is 2.81. The molecule has 1 fully saturated rings. The highest BCUT2D eigenvalue weighted by atomic mass is 32.2. The molecule has 4 N–H and O–H groups in total. The number of hydrogen-bond acceptors (Lipinski definition) is 7. The fourth-order valence-corrected chi connectivity index (χ4v) is 5.05. The SMILES string of the molecule is O=C(NCc1cccnc1)Nc1nc2cc(OS(=O)(=O)c3ccc(NC4CCCC4)cc3)ccc2[nH]1. The zero-order chi connectivity index (χ0) is 25.0. The highest BCUT2D eigenvalue weighted by Crippen LogP contribution is 2.26. The van der Waals surface area contributed by atoms with Gasteiger partial charge >= 0.3 is 16.1 Å². The Hall–Kier alpha value is -4.12. The lowest BCUT2D eigenvalue weighted by molar-refractivity contribution is 0.251. The minimum atomic E-state index is -4.02. The summed E-state index contributed by atoms with van der Waals surface area (Å²) in [6.45, 7) is 0.313. The molecule has 2 amide bonds. The average Bonchev–Trinajstić information content (AvgIpc) is 3.52. The van der Waals surface area contributed by atoms with Gasteiger partial charge in [-0.25, -0.2) is 9.78 Å². The highest BCUT2D eigenvalue weighted by Gasteiger charge is 2.19. The predicted molar refractivity (Wildman–Crippen MR) is 136 cm³/mol. The largest absolute Gasteiger partial charge is 0.382 e. The van der Waals surface area contributed by atoms with Crippen molar-refractivity contribution in [3.05, 3.63) is 72.6 Å². The quantitative estimate of drug-likeness (QED) is 0.260. The molecule has 0 spiro atoms.